The number of amides is 4. The van der Waals surface area contributed by atoms with Crippen LogP contribution in [-0.4, -0.2) is 52.8 Å². The molecular formula is C24H33N3O3. The Bertz CT molecular complexity index is 778. The maximum absolute atomic E-state index is 13.0. The van der Waals surface area contributed by atoms with Crippen molar-refractivity contribution in [3.63, 3.8) is 0 Å². The summed E-state index contributed by atoms with van der Waals surface area (Å²) < 4.78 is 0. The Balaban J connectivity index is 1.26. The number of likely N-dealkylation sites (tertiary alicyclic amines) is 1. The molecule has 1 aromatic rings. The first-order chi connectivity index (χ1) is 14.5. The lowest BCUT2D eigenvalue weighted by molar-refractivity contribution is -0.140. The molecule has 0 aromatic heterocycles. The lowest BCUT2D eigenvalue weighted by Crippen LogP contribution is -2.50. The molecule has 2 aliphatic heterocycles. The average molecular weight is 412 g/mol. The first kappa shape index (κ1) is 20.9. The highest BCUT2D eigenvalue weighted by Crippen LogP contribution is 2.36. The van der Waals surface area contributed by atoms with E-state index in [0.717, 1.165) is 43.4 Å². The largest absolute Gasteiger partial charge is 0.341 e. The van der Waals surface area contributed by atoms with Crippen LogP contribution in [0.1, 0.15) is 57.4 Å². The topological polar surface area (TPSA) is 69.7 Å². The number of aryl methyl sites for hydroxylation is 1. The Hall–Kier alpha value is -2.37. The molecule has 2 saturated heterocycles. The molecule has 162 valence electrons. The van der Waals surface area contributed by atoms with Crippen molar-refractivity contribution >= 4 is 17.8 Å². The van der Waals surface area contributed by atoms with Gasteiger partial charge in [-0.2, -0.15) is 0 Å². The third-order valence-electron chi connectivity index (χ3n) is 7.32. The van der Waals surface area contributed by atoms with Crippen LogP contribution < -0.4 is 5.32 Å². The molecule has 2 heterocycles. The van der Waals surface area contributed by atoms with Gasteiger partial charge in [-0.1, -0.05) is 37.3 Å². The third-order valence-corrected chi connectivity index (χ3v) is 7.32. The van der Waals surface area contributed by atoms with Crippen LogP contribution in [0.3, 0.4) is 0 Å². The van der Waals surface area contributed by atoms with E-state index in [4.69, 9.17) is 0 Å². The van der Waals surface area contributed by atoms with Gasteiger partial charge < -0.3 is 10.2 Å². The zero-order valence-corrected chi connectivity index (χ0v) is 17.9. The molecule has 1 spiro atoms. The Morgan fingerprint density at radius 3 is 2.40 bits per heavy atom. The summed E-state index contributed by atoms with van der Waals surface area (Å²) in [5, 5.41) is 2.90. The van der Waals surface area contributed by atoms with Crippen LogP contribution in [0.5, 0.6) is 0 Å². The number of nitrogens with one attached hydrogen (secondary N) is 1. The number of hydrogen-bond acceptors (Lipinski definition) is 3. The van der Waals surface area contributed by atoms with E-state index in [1.165, 1.54) is 5.56 Å². The van der Waals surface area contributed by atoms with Crippen LogP contribution in [0.4, 0.5) is 4.79 Å². The van der Waals surface area contributed by atoms with Crippen molar-refractivity contribution in [2.45, 2.75) is 63.8 Å². The summed E-state index contributed by atoms with van der Waals surface area (Å²) in [7, 11) is 0. The fraction of sp³-hybridized carbons (Fsp3) is 0.625. The molecule has 1 aliphatic carbocycles. The van der Waals surface area contributed by atoms with Gasteiger partial charge in [0.05, 0.1) is 0 Å². The van der Waals surface area contributed by atoms with Gasteiger partial charge in [0.15, 0.2) is 0 Å². The lowest BCUT2D eigenvalue weighted by atomic mass is 9.77. The number of imide groups is 1. The Kier molecular flexibility index (Phi) is 6.11. The fourth-order valence-corrected chi connectivity index (χ4v) is 5.14. The van der Waals surface area contributed by atoms with Crippen molar-refractivity contribution in [1.29, 1.82) is 0 Å². The van der Waals surface area contributed by atoms with Gasteiger partial charge in [0, 0.05) is 13.1 Å². The number of nitrogens with zero attached hydrogens (tertiary/aromatic N) is 2. The number of rotatable bonds is 5. The summed E-state index contributed by atoms with van der Waals surface area (Å²) >= 11 is 0. The standard InChI is InChI=1S/C24H33N3O3/c1-18-9-13-24(14-10-18)22(29)27(23(30)25-24)17-21(28)26-15-11-20(12-16-26)8-7-19-5-3-2-4-6-19/h2-6,18,20H,7-17H2,1H3,(H,25,30). The Labute approximate surface area is 179 Å². The first-order valence-electron chi connectivity index (χ1n) is 11.4. The van der Waals surface area contributed by atoms with Crippen molar-refractivity contribution < 1.29 is 14.4 Å². The van der Waals surface area contributed by atoms with Crippen molar-refractivity contribution in [1.82, 2.24) is 15.1 Å². The van der Waals surface area contributed by atoms with E-state index in [1.807, 2.05) is 11.0 Å². The number of hydrogen-bond donors (Lipinski definition) is 1. The minimum absolute atomic E-state index is 0.110. The van der Waals surface area contributed by atoms with Crippen LogP contribution in [0.15, 0.2) is 30.3 Å². The van der Waals surface area contributed by atoms with E-state index in [1.54, 1.807) is 0 Å². The molecule has 1 N–H and O–H groups in total. The van der Waals surface area contributed by atoms with Crippen molar-refractivity contribution in [2.24, 2.45) is 11.8 Å². The van der Waals surface area contributed by atoms with Gasteiger partial charge in [-0.25, -0.2) is 4.79 Å². The maximum atomic E-state index is 13.0. The number of urea groups is 1. The lowest BCUT2D eigenvalue weighted by Gasteiger charge is -2.34. The molecule has 0 bridgehead atoms. The third kappa shape index (κ3) is 4.37. The van der Waals surface area contributed by atoms with Gasteiger partial charge in [0.25, 0.3) is 5.91 Å². The molecule has 4 amide bonds. The van der Waals surface area contributed by atoms with Crippen LogP contribution in [0.2, 0.25) is 0 Å². The number of piperidine rings is 1. The number of benzene rings is 1. The van der Waals surface area contributed by atoms with Gasteiger partial charge in [-0.05, 0) is 68.8 Å². The summed E-state index contributed by atoms with van der Waals surface area (Å²) in [6.07, 6.45) is 7.41. The molecule has 0 radical (unpaired) electrons. The first-order valence-corrected chi connectivity index (χ1v) is 11.4. The van der Waals surface area contributed by atoms with E-state index in [0.29, 0.717) is 37.8 Å². The van der Waals surface area contributed by atoms with Crippen LogP contribution >= 0.6 is 0 Å². The highest BCUT2D eigenvalue weighted by atomic mass is 16.2. The van der Waals surface area contributed by atoms with Gasteiger partial charge in [0.1, 0.15) is 12.1 Å². The molecule has 0 atom stereocenters. The van der Waals surface area contributed by atoms with Crippen molar-refractivity contribution in [3.05, 3.63) is 35.9 Å². The Morgan fingerprint density at radius 1 is 1.07 bits per heavy atom. The summed E-state index contributed by atoms with van der Waals surface area (Å²) in [6, 6.07) is 10.1. The van der Waals surface area contributed by atoms with Gasteiger partial charge in [0.2, 0.25) is 5.91 Å². The molecule has 6 heteroatoms. The molecule has 6 nitrogen and oxygen atoms in total. The van der Waals surface area contributed by atoms with Gasteiger partial charge in [-0.15, -0.1) is 0 Å². The number of carbonyl (C=O) groups excluding carboxylic acids is 3. The molecule has 1 saturated carbocycles. The summed E-state index contributed by atoms with van der Waals surface area (Å²) in [5.41, 5.74) is 0.592. The van der Waals surface area contributed by atoms with E-state index in [9.17, 15) is 14.4 Å². The average Bonchev–Trinajstić information content (AvgIpc) is 2.99. The molecular weight excluding hydrogens is 378 g/mol. The quantitative estimate of drug-likeness (QED) is 0.756. The highest BCUT2D eigenvalue weighted by Gasteiger charge is 2.52. The minimum Gasteiger partial charge on any atom is -0.341 e. The second kappa shape index (κ2) is 8.78. The maximum Gasteiger partial charge on any atom is 0.325 e. The van der Waals surface area contributed by atoms with Gasteiger partial charge >= 0.3 is 6.03 Å². The molecule has 0 unspecified atom stereocenters. The summed E-state index contributed by atoms with van der Waals surface area (Å²) in [5.74, 6) is 0.893. The SMILES string of the molecule is CC1CCC2(CC1)NC(=O)N(CC(=O)N1CCC(CCc3ccccc3)CC1)C2=O. The normalized spacial score (nSPS) is 27.6. The summed E-state index contributed by atoms with van der Waals surface area (Å²) in [6.45, 7) is 3.48. The van der Waals surface area contributed by atoms with Crippen LogP contribution in [-0.2, 0) is 16.0 Å². The smallest absolute Gasteiger partial charge is 0.325 e. The molecule has 30 heavy (non-hydrogen) atoms. The molecule has 4 rings (SSSR count). The van der Waals surface area contributed by atoms with Crippen LogP contribution in [0.25, 0.3) is 0 Å². The summed E-state index contributed by atoms with van der Waals surface area (Å²) in [4.78, 5) is 41.2. The van der Waals surface area contributed by atoms with E-state index >= 15 is 0 Å². The number of carbonyl (C=O) groups is 3. The van der Waals surface area contributed by atoms with Gasteiger partial charge in [-0.3, -0.25) is 14.5 Å². The zero-order valence-electron chi connectivity index (χ0n) is 17.9. The van der Waals surface area contributed by atoms with E-state index in [2.05, 4.69) is 36.5 Å². The van der Waals surface area contributed by atoms with Crippen LogP contribution in [0, 0.1) is 11.8 Å². The fourth-order valence-electron chi connectivity index (χ4n) is 5.14. The zero-order chi connectivity index (χ0) is 21.1. The second-order valence-corrected chi connectivity index (χ2v) is 9.43. The molecule has 3 fully saturated rings. The second-order valence-electron chi connectivity index (χ2n) is 9.43. The highest BCUT2D eigenvalue weighted by molar-refractivity contribution is 6.09. The monoisotopic (exact) mass is 411 g/mol. The Morgan fingerprint density at radius 2 is 1.73 bits per heavy atom. The minimum atomic E-state index is -0.770. The predicted molar refractivity (Wildman–Crippen MR) is 115 cm³/mol. The molecule has 1 aromatic carbocycles. The van der Waals surface area contributed by atoms with Crippen molar-refractivity contribution in [2.75, 3.05) is 19.6 Å². The predicted octanol–water partition coefficient (Wildman–Crippen LogP) is 3.36. The van der Waals surface area contributed by atoms with Crippen molar-refractivity contribution in [3.8, 4) is 0 Å². The molecule has 3 aliphatic rings. The van der Waals surface area contributed by atoms with E-state index in [-0.39, 0.29) is 18.4 Å². The van der Waals surface area contributed by atoms with E-state index < -0.39 is 11.6 Å².